The first kappa shape index (κ1) is 27.6. The van der Waals surface area contributed by atoms with Crippen LogP contribution in [0.2, 0.25) is 0 Å². The number of aromatic carboxylic acids is 1. The normalized spacial score (nSPS) is 18.5. The predicted molar refractivity (Wildman–Crippen MR) is 144 cm³/mol. The molecular formula is C28H28F3N5O4S. The number of nitrogens with zero attached hydrogens (tertiary/aromatic N) is 5. The number of thiazole rings is 1. The van der Waals surface area contributed by atoms with Gasteiger partial charge in [-0.3, -0.25) is 4.90 Å². The second kappa shape index (κ2) is 11.4. The lowest BCUT2D eigenvalue weighted by Gasteiger charge is -2.32. The summed E-state index contributed by atoms with van der Waals surface area (Å²) in [5, 5.41) is 9.72. The number of benzene rings is 1. The van der Waals surface area contributed by atoms with Crippen molar-refractivity contribution in [3.63, 3.8) is 0 Å². The summed E-state index contributed by atoms with van der Waals surface area (Å²) in [6, 6.07) is 10.5. The van der Waals surface area contributed by atoms with Crippen LogP contribution in [0.25, 0.3) is 11.0 Å². The summed E-state index contributed by atoms with van der Waals surface area (Å²) in [7, 11) is 0. The number of carboxylic acid groups (broad SMARTS) is 1. The molecule has 0 radical (unpaired) electrons. The molecule has 0 aliphatic carbocycles. The second-order valence-corrected chi connectivity index (χ2v) is 11.4. The van der Waals surface area contributed by atoms with Gasteiger partial charge in [0.2, 0.25) is 5.88 Å². The molecule has 1 N–H and O–H groups in total. The molecule has 1 atom stereocenters. The topological polar surface area (TPSA) is 103 Å². The molecule has 2 aliphatic rings. The molecule has 0 saturated carbocycles. The molecule has 3 aromatic heterocycles. The molecular weight excluding hydrogens is 559 g/mol. The second-order valence-electron chi connectivity index (χ2n) is 10.3. The summed E-state index contributed by atoms with van der Waals surface area (Å²) in [6.07, 6.45) is -0.750. The van der Waals surface area contributed by atoms with Gasteiger partial charge >= 0.3 is 12.1 Å². The zero-order chi connectivity index (χ0) is 28.6. The van der Waals surface area contributed by atoms with Crippen LogP contribution in [0.15, 0.2) is 42.6 Å². The van der Waals surface area contributed by atoms with E-state index in [-0.39, 0.29) is 29.2 Å². The van der Waals surface area contributed by atoms with Gasteiger partial charge in [0, 0.05) is 24.3 Å². The van der Waals surface area contributed by atoms with Crippen LogP contribution in [0, 0.1) is 0 Å². The SMILES string of the molecule is O=C(O)c1ccc2nc(CN3CCC(c4cccc(OCc5ncc(C(F)(F)F)s5)n4)CC3)n(C[C@@H]3CCO3)c2c1. The van der Waals surface area contributed by atoms with Crippen LogP contribution >= 0.6 is 11.3 Å². The van der Waals surface area contributed by atoms with Crippen molar-refractivity contribution in [1.29, 1.82) is 0 Å². The van der Waals surface area contributed by atoms with Gasteiger partial charge in [-0.25, -0.2) is 19.7 Å². The molecule has 0 amide bonds. The highest BCUT2D eigenvalue weighted by Gasteiger charge is 2.33. The molecule has 5 heterocycles. The Morgan fingerprint density at radius 3 is 2.63 bits per heavy atom. The Morgan fingerprint density at radius 2 is 1.95 bits per heavy atom. The van der Waals surface area contributed by atoms with Crippen molar-refractivity contribution in [2.45, 2.75) is 57.2 Å². The molecule has 2 fully saturated rings. The minimum absolute atomic E-state index is 0.0729. The Balaban J connectivity index is 1.09. The highest BCUT2D eigenvalue weighted by molar-refractivity contribution is 7.11. The summed E-state index contributed by atoms with van der Waals surface area (Å²) in [5.74, 6) is 0.513. The lowest BCUT2D eigenvalue weighted by molar-refractivity contribution is -0.134. The maximum atomic E-state index is 12.8. The van der Waals surface area contributed by atoms with E-state index in [1.54, 1.807) is 24.3 Å². The van der Waals surface area contributed by atoms with E-state index < -0.39 is 17.0 Å². The van der Waals surface area contributed by atoms with Gasteiger partial charge in [0.1, 0.15) is 22.3 Å². The Bertz CT molecular complexity index is 1540. The van der Waals surface area contributed by atoms with E-state index in [9.17, 15) is 23.1 Å². The number of piperidine rings is 1. The maximum absolute atomic E-state index is 12.8. The average molecular weight is 588 g/mol. The minimum atomic E-state index is -4.41. The van der Waals surface area contributed by atoms with Gasteiger partial charge in [-0.05, 0) is 56.6 Å². The van der Waals surface area contributed by atoms with E-state index in [4.69, 9.17) is 14.5 Å². The van der Waals surface area contributed by atoms with Crippen molar-refractivity contribution in [1.82, 2.24) is 24.4 Å². The van der Waals surface area contributed by atoms with Gasteiger partial charge in [-0.2, -0.15) is 13.2 Å². The number of carbonyl (C=O) groups is 1. The zero-order valence-corrected chi connectivity index (χ0v) is 22.8. The van der Waals surface area contributed by atoms with Gasteiger partial charge in [0.15, 0.2) is 0 Å². The standard InChI is InChI=1S/C28H28F3N5O4S/c29-28(30,31)23-13-32-26(41-23)16-40-25-3-1-2-20(34-25)17-6-9-35(10-7-17)15-24-33-21-5-4-18(27(37)38)12-22(21)36(24)14-19-8-11-39-19/h1-5,12-13,17,19H,6-11,14-16H2,(H,37,38)/t19-/m0/s1. The van der Waals surface area contributed by atoms with E-state index in [1.165, 1.54) is 0 Å². The number of pyridine rings is 1. The van der Waals surface area contributed by atoms with Crippen molar-refractivity contribution in [3.8, 4) is 5.88 Å². The Labute approximate surface area is 237 Å². The van der Waals surface area contributed by atoms with Crippen LogP contribution in [0.4, 0.5) is 13.2 Å². The molecule has 1 aromatic carbocycles. The predicted octanol–water partition coefficient (Wildman–Crippen LogP) is 5.35. The number of alkyl halides is 3. The van der Waals surface area contributed by atoms with Gasteiger partial charge in [-0.1, -0.05) is 6.07 Å². The number of hydrogen-bond donors (Lipinski definition) is 1. The van der Waals surface area contributed by atoms with Crippen LogP contribution in [-0.4, -0.2) is 61.3 Å². The molecule has 2 saturated heterocycles. The van der Waals surface area contributed by atoms with Crippen LogP contribution < -0.4 is 4.74 Å². The highest BCUT2D eigenvalue weighted by atomic mass is 32.1. The van der Waals surface area contributed by atoms with Crippen LogP contribution in [0.1, 0.15) is 56.9 Å². The lowest BCUT2D eigenvalue weighted by atomic mass is 9.93. The lowest BCUT2D eigenvalue weighted by Crippen LogP contribution is -2.35. The number of imidazole rings is 1. The Hall–Kier alpha value is -3.55. The van der Waals surface area contributed by atoms with Gasteiger partial charge in [-0.15, -0.1) is 11.3 Å². The number of halogens is 3. The fourth-order valence-electron chi connectivity index (χ4n) is 5.23. The number of rotatable bonds is 9. The molecule has 2 aliphatic heterocycles. The molecule has 4 aromatic rings. The monoisotopic (exact) mass is 587 g/mol. The zero-order valence-electron chi connectivity index (χ0n) is 22.0. The van der Waals surface area contributed by atoms with Crippen molar-refractivity contribution < 1.29 is 32.5 Å². The van der Waals surface area contributed by atoms with Crippen molar-refractivity contribution >= 4 is 28.3 Å². The molecule has 216 valence electrons. The molecule has 9 nitrogen and oxygen atoms in total. The van der Waals surface area contributed by atoms with Crippen molar-refractivity contribution in [2.24, 2.45) is 0 Å². The molecule has 0 unspecified atom stereocenters. The van der Waals surface area contributed by atoms with E-state index in [0.29, 0.717) is 30.3 Å². The third-order valence-electron chi connectivity index (χ3n) is 7.55. The van der Waals surface area contributed by atoms with Gasteiger partial charge < -0.3 is 19.1 Å². The van der Waals surface area contributed by atoms with E-state index in [2.05, 4.69) is 19.4 Å². The third-order valence-corrected chi connectivity index (χ3v) is 8.56. The van der Waals surface area contributed by atoms with Crippen LogP contribution in [0.3, 0.4) is 0 Å². The molecule has 0 spiro atoms. The first-order valence-corrected chi connectivity index (χ1v) is 14.2. The third kappa shape index (κ3) is 6.21. The molecule has 41 heavy (non-hydrogen) atoms. The largest absolute Gasteiger partial charge is 0.478 e. The minimum Gasteiger partial charge on any atom is -0.478 e. The summed E-state index contributed by atoms with van der Waals surface area (Å²) >= 11 is 0.569. The Kier molecular flexibility index (Phi) is 7.66. The average Bonchev–Trinajstić information content (AvgIpc) is 3.54. The first-order valence-electron chi connectivity index (χ1n) is 13.4. The smallest absolute Gasteiger partial charge is 0.427 e. The molecule has 0 bridgehead atoms. The summed E-state index contributed by atoms with van der Waals surface area (Å²) in [4.78, 5) is 26.4. The fraction of sp³-hybridized carbons (Fsp3) is 0.429. The Morgan fingerprint density at radius 1 is 1.15 bits per heavy atom. The maximum Gasteiger partial charge on any atom is 0.427 e. The summed E-state index contributed by atoms with van der Waals surface area (Å²) in [5.41, 5.74) is 2.70. The van der Waals surface area contributed by atoms with Gasteiger partial charge in [0.25, 0.3) is 0 Å². The first-order chi connectivity index (χ1) is 19.7. The number of ether oxygens (including phenoxy) is 2. The summed E-state index contributed by atoms with van der Waals surface area (Å²) in [6.45, 7) is 3.61. The van der Waals surface area contributed by atoms with Crippen molar-refractivity contribution in [3.05, 3.63) is 69.6 Å². The quantitative estimate of drug-likeness (QED) is 0.280. The van der Waals surface area contributed by atoms with E-state index in [0.717, 1.165) is 67.7 Å². The molecule has 6 rings (SSSR count). The summed E-state index contributed by atoms with van der Waals surface area (Å²) < 4.78 is 51.9. The van der Waals surface area contributed by atoms with Crippen molar-refractivity contribution in [2.75, 3.05) is 19.7 Å². The highest BCUT2D eigenvalue weighted by Crippen LogP contribution is 2.34. The number of aromatic nitrogens is 4. The van der Waals surface area contributed by atoms with Crippen LogP contribution in [0.5, 0.6) is 5.88 Å². The van der Waals surface area contributed by atoms with Crippen LogP contribution in [-0.2, 0) is 30.6 Å². The van der Waals surface area contributed by atoms with Gasteiger partial charge in [0.05, 0.1) is 42.0 Å². The molecule has 13 heteroatoms. The number of likely N-dealkylation sites (tertiary alicyclic amines) is 1. The number of fused-ring (bicyclic) bond motifs is 1. The fourth-order valence-corrected chi connectivity index (χ4v) is 5.93. The van der Waals surface area contributed by atoms with E-state index in [1.807, 2.05) is 12.1 Å². The van der Waals surface area contributed by atoms with E-state index >= 15 is 0 Å². The number of carboxylic acids is 1. The number of hydrogen-bond acceptors (Lipinski definition) is 8.